The number of benzene rings is 2. The third kappa shape index (κ3) is 4.13. The summed E-state index contributed by atoms with van der Waals surface area (Å²) in [4.78, 5) is 25.2. The third-order valence-corrected chi connectivity index (χ3v) is 4.54. The maximum atomic E-state index is 12.6. The molecular weight excluding hydrogens is 372 g/mol. The molecule has 29 heavy (non-hydrogen) atoms. The molecule has 0 radical (unpaired) electrons. The largest absolute Gasteiger partial charge is 0.497 e. The van der Waals surface area contributed by atoms with E-state index >= 15 is 0 Å². The summed E-state index contributed by atoms with van der Waals surface area (Å²) in [6.07, 6.45) is 0. The zero-order chi connectivity index (χ0) is 21.0. The molecule has 1 aromatic heterocycles. The van der Waals surface area contributed by atoms with E-state index in [9.17, 15) is 9.59 Å². The van der Waals surface area contributed by atoms with Gasteiger partial charge in [-0.3, -0.25) is 4.79 Å². The lowest BCUT2D eigenvalue weighted by atomic mass is 10.1. The van der Waals surface area contributed by atoms with Crippen molar-refractivity contribution in [3.8, 4) is 17.2 Å². The highest BCUT2D eigenvalue weighted by atomic mass is 16.5. The van der Waals surface area contributed by atoms with Gasteiger partial charge in [0.1, 0.15) is 17.1 Å². The molecule has 2 aromatic carbocycles. The highest BCUT2D eigenvalue weighted by molar-refractivity contribution is 6.01. The highest BCUT2D eigenvalue weighted by Crippen LogP contribution is 2.25. The summed E-state index contributed by atoms with van der Waals surface area (Å²) >= 11 is 0. The van der Waals surface area contributed by atoms with Gasteiger partial charge in [-0.05, 0) is 38.1 Å². The summed E-state index contributed by atoms with van der Waals surface area (Å²) in [6.45, 7) is 3.12. The number of para-hydroxylation sites is 1. The van der Waals surface area contributed by atoms with Gasteiger partial charge in [0.15, 0.2) is 6.61 Å². The molecule has 7 heteroatoms. The normalized spacial score (nSPS) is 10.5. The molecule has 0 aliphatic rings. The predicted molar refractivity (Wildman–Crippen MR) is 107 cm³/mol. The number of ketones is 1. The standard InChI is InChI=1S/C22H22N2O5/c1-14-21(15(2)24(23-14)16-8-6-5-7-9-16)22(26)29-13-19(25)18-11-10-17(27-3)12-20(18)28-4/h5-12H,13H2,1-4H3. The van der Waals surface area contributed by atoms with E-state index in [0.717, 1.165) is 5.69 Å². The molecule has 1 heterocycles. The average Bonchev–Trinajstić information content (AvgIpc) is 3.05. The highest BCUT2D eigenvalue weighted by Gasteiger charge is 2.22. The molecule has 7 nitrogen and oxygen atoms in total. The van der Waals surface area contributed by atoms with Crippen molar-refractivity contribution >= 4 is 11.8 Å². The van der Waals surface area contributed by atoms with Gasteiger partial charge in [-0.2, -0.15) is 5.10 Å². The number of Topliss-reactive ketones (excluding diaryl/α,β-unsaturated/α-hetero) is 1. The molecule has 0 unspecified atom stereocenters. The first-order valence-corrected chi connectivity index (χ1v) is 9.00. The summed E-state index contributed by atoms with van der Waals surface area (Å²) in [6, 6.07) is 14.3. The number of aromatic nitrogens is 2. The van der Waals surface area contributed by atoms with E-state index in [-0.39, 0.29) is 5.78 Å². The Morgan fingerprint density at radius 2 is 1.72 bits per heavy atom. The number of carbonyl (C=O) groups excluding carboxylic acids is 2. The second kappa shape index (κ2) is 8.60. The summed E-state index contributed by atoms with van der Waals surface area (Å²) in [7, 11) is 2.99. The fraction of sp³-hybridized carbons (Fsp3) is 0.227. The summed E-state index contributed by atoms with van der Waals surface area (Å²) in [5.41, 5.74) is 2.68. The molecule has 150 valence electrons. The zero-order valence-corrected chi connectivity index (χ0v) is 16.8. The van der Waals surface area contributed by atoms with E-state index in [4.69, 9.17) is 14.2 Å². The lowest BCUT2D eigenvalue weighted by Crippen LogP contribution is -2.16. The topological polar surface area (TPSA) is 79.7 Å². The van der Waals surface area contributed by atoms with E-state index in [1.807, 2.05) is 30.3 Å². The second-order valence-electron chi connectivity index (χ2n) is 6.36. The molecule has 0 atom stereocenters. The van der Waals surface area contributed by atoms with Gasteiger partial charge in [0.25, 0.3) is 0 Å². The van der Waals surface area contributed by atoms with Crippen LogP contribution < -0.4 is 9.47 Å². The van der Waals surface area contributed by atoms with Gasteiger partial charge in [-0.1, -0.05) is 18.2 Å². The van der Waals surface area contributed by atoms with Gasteiger partial charge >= 0.3 is 5.97 Å². The molecule has 0 saturated carbocycles. The van der Waals surface area contributed by atoms with Crippen LogP contribution in [0, 0.1) is 13.8 Å². The third-order valence-electron chi connectivity index (χ3n) is 4.54. The quantitative estimate of drug-likeness (QED) is 0.450. The first kappa shape index (κ1) is 20.1. The van der Waals surface area contributed by atoms with E-state index < -0.39 is 12.6 Å². The maximum Gasteiger partial charge on any atom is 0.342 e. The van der Waals surface area contributed by atoms with Gasteiger partial charge in [0.05, 0.1) is 36.9 Å². The van der Waals surface area contributed by atoms with Gasteiger partial charge < -0.3 is 14.2 Å². The molecule has 0 bridgehead atoms. The van der Waals surface area contributed by atoms with Crippen molar-refractivity contribution in [1.29, 1.82) is 0 Å². The molecule has 0 N–H and O–H groups in total. The SMILES string of the molecule is COc1ccc(C(=O)COC(=O)c2c(C)nn(-c3ccccc3)c2C)c(OC)c1. The summed E-state index contributed by atoms with van der Waals surface area (Å²) in [5, 5.41) is 4.43. The Hall–Kier alpha value is -3.61. The Kier molecular flexibility index (Phi) is 5.97. The lowest BCUT2D eigenvalue weighted by molar-refractivity contribution is 0.0472. The molecule has 0 saturated heterocycles. The van der Waals surface area contributed by atoms with Crippen LogP contribution in [0.15, 0.2) is 48.5 Å². The van der Waals surface area contributed by atoms with Crippen LogP contribution in [-0.2, 0) is 4.74 Å². The maximum absolute atomic E-state index is 12.6. The minimum absolute atomic E-state index is 0.314. The molecule has 0 fully saturated rings. The van der Waals surface area contributed by atoms with Crippen molar-refractivity contribution in [2.45, 2.75) is 13.8 Å². The number of carbonyl (C=O) groups is 2. The number of methoxy groups -OCH3 is 2. The van der Waals surface area contributed by atoms with E-state index in [2.05, 4.69) is 5.10 Å². The zero-order valence-electron chi connectivity index (χ0n) is 16.8. The van der Waals surface area contributed by atoms with E-state index in [1.54, 1.807) is 36.7 Å². The van der Waals surface area contributed by atoms with Crippen LogP contribution in [0.4, 0.5) is 0 Å². The molecule has 0 spiro atoms. The van der Waals surface area contributed by atoms with Crippen molar-refractivity contribution in [2.24, 2.45) is 0 Å². The monoisotopic (exact) mass is 394 g/mol. The fourth-order valence-electron chi connectivity index (χ4n) is 3.07. The minimum Gasteiger partial charge on any atom is -0.497 e. The molecule has 3 aromatic rings. The molecule has 0 aliphatic carbocycles. The van der Waals surface area contributed by atoms with Crippen LogP contribution in [-0.4, -0.2) is 42.4 Å². The van der Waals surface area contributed by atoms with Gasteiger partial charge in [0, 0.05) is 6.07 Å². The van der Waals surface area contributed by atoms with Crippen LogP contribution in [0.2, 0.25) is 0 Å². The Bertz CT molecular complexity index is 1040. The minimum atomic E-state index is -0.594. The first-order valence-electron chi connectivity index (χ1n) is 9.00. The number of esters is 1. The molecule has 3 rings (SSSR count). The molecule has 0 aliphatic heterocycles. The Morgan fingerprint density at radius 1 is 1.00 bits per heavy atom. The number of hydrogen-bond donors (Lipinski definition) is 0. The average molecular weight is 394 g/mol. The Balaban J connectivity index is 1.76. The molecule has 0 amide bonds. The van der Waals surface area contributed by atoms with Crippen molar-refractivity contribution < 1.29 is 23.8 Å². The van der Waals surface area contributed by atoms with Crippen molar-refractivity contribution in [1.82, 2.24) is 9.78 Å². The number of nitrogens with zero attached hydrogens (tertiary/aromatic N) is 2. The van der Waals surface area contributed by atoms with Crippen LogP contribution >= 0.6 is 0 Å². The fourth-order valence-corrected chi connectivity index (χ4v) is 3.07. The van der Waals surface area contributed by atoms with Crippen molar-refractivity contribution in [3.63, 3.8) is 0 Å². The molecular formula is C22H22N2O5. The lowest BCUT2D eigenvalue weighted by Gasteiger charge is -2.10. The van der Waals surface area contributed by atoms with E-state index in [0.29, 0.717) is 34.0 Å². The van der Waals surface area contributed by atoms with Gasteiger partial charge in [-0.15, -0.1) is 0 Å². The second-order valence-corrected chi connectivity index (χ2v) is 6.36. The van der Waals surface area contributed by atoms with Gasteiger partial charge in [-0.25, -0.2) is 9.48 Å². The first-order chi connectivity index (χ1) is 14.0. The summed E-state index contributed by atoms with van der Waals surface area (Å²) < 4.78 is 17.3. The predicted octanol–water partition coefficient (Wildman–Crippen LogP) is 3.55. The Morgan fingerprint density at radius 3 is 2.38 bits per heavy atom. The Labute approximate surface area is 168 Å². The summed E-state index contributed by atoms with van der Waals surface area (Å²) in [5.74, 6) is -0.0451. The van der Waals surface area contributed by atoms with Gasteiger partial charge in [0.2, 0.25) is 5.78 Å². The van der Waals surface area contributed by atoms with Crippen LogP contribution in [0.3, 0.4) is 0 Å². The number of hydrogen-bond acceptors (Lipinski definition) is 6. The van der Waals surface area contributed by atoms with Crippen molar-refractivity contribution in [2.75, 3.05) is 20.8 Å². The van der Waals surface area contributed by atoms with Crippen molar-refractivity contribution in [3.05, 3.63) is 71.0 Å². The number of rotatable bonds is 7. The van der Waals surface area contributed by atoms with Crippen LogP contribution in [0.5, 0.6) is 11.5 Å². The smallest absolute Gasteiger partial charge is 0.342 e. The van der Waals surface area contributed by atoms with E-state index in [1.165, 1.54) is 14.2 Å². The van der Waals surface area contributed by atoms with Crippen LogP contribution in [0.25, 0.3) is 5.69 Å². The number of aryl methyl sites for hydroxylation is 1. The van der Waals surface area contributed by atoms with Crippen LogP contribution in [0.1, 0.15) is 32.1 Å². The number of ether oxygens (including phenoxy) is 3.